The average molecular weight is 340 g/mol. The smallest absolute Gasteiger partial charge is 0.256 e. The van der Waals surface area contributed by atoms with Crippen molar-refractivity contribution < 1.29 is 4.79 Å². The van der Waals surface area contributed by atoms with Crippen LogP contribution in [0.4, 0.5) is 5.69 Å². The van der Waals surface area contributed by atoms with Gasteiger partial charge in [-0.15, -0.1) is 0 Å². The summed E-state index contributed by atoms with van der Waals surface area (Å²) >= 11 is 0. The van der Waals surface area contributed by atoms with Gasteiger partial charge >= 0.3 is 0 Å². The van der Waals surface area contributed by atoms with Crippen LogP contribution in [0.3, 0.4) is 0 Å². The van der Waals surface area contributed by atoms with E-state index < -0.39 is 0 Å². The molecule has 0 aliphatic rings. The molecule has 0 radical (unpaired) electrons. The summed E-state index contributed by atoms with van der Waals surface area (Å²) in [6.45, 7) is 2.01. The molecule has 0 saturated heterocycles. The first kappa shape index (κ1) is 15.9. The quantitative estimate of drug-likeness (QED) is 0.605. The Labute approximate surface area is 150 Å². The standard InChI is InChI=1S/C21H16N4O/c1-14-6-8-15(9-7-14)24-21(26)17-12-19(20-13-22-10-11-23-20)25-18-5-3-2-4-16(17)18/h2-13H,1H3,(H,24,26). The van der Waals surface area contributed by atoms with Crippen molar-refractivity contribution in [2.75, 3.05) is 5.32 Å². The number of nitrogens with zero attached hydrogens (tertiary/aromatic N) is 3. The summed E-state index contributed by atoms with van der Waals surface area (Å²) in [7, 11) is 0. The van der Waals surface area contributed by atoms with Gasteiger partial charge in [-0.1, -0.05) is 35.9 Å². The van der Waals surface area contributed by atoms with Gasteiger partial charge in [0, 0.05) is 23.5 Å². The summed E-state index contributed by atoms with van der Waals surface area (Å²) < 4.78 is 0. The zero-order valence-corrected chi connectivity index (χ0v) is 14.2. The van der Waals surface area contributed by atoms with E-state index in [2.05, 4.69) is 20.3 Å². The van der Waals surface area contributed by atoms with Crippen molar-refractivity contribution in [3.8, 4) is 11.4 Å². The molecule has 26 heavy (non-hydrogen) atoms. The van der Waals surface area contributed by atoms with Crippen LogP contribution >= 0.6 is 0 Å². The molecule has 0 atom stereocenters. The van der Waals surface area contributed by atoms with Crippen LogP contribution in [0.2, 0.25) is 0 Å². The number of carbonyl (C=O) groups excluding carboxylic acids is 1. The number of aryl methyl sites for hydroxylation is 1. The lowest BCUT2D eigenvalue weighted by molar-refractivity contribution is 0.102. The molecule has 5 heteroatoms. The number of amides is 1. The number of fused-ring (bicyclic) bond motifs is 1. The first-order valence-electron chi connectivity index (χ1n) is 8.25. The van der Waals surface area contributed by atoms with E-state index >= 15 is 0 Å². The Hall–Kier alpha value is -3.60. The molecule has 0 bridgehead atoms. The van der Waals surface area contributed by atoms with Gasteiger partial charge in [0.1, 0.15) is 5.69 Å². The largest absolute Gasteiger partial charge is 0.322 e. The van der Waals surface area contributed by atoms with E-state index in [9.17, 15) is 4.79 Å². The number of aromatic nitrogens is 3. The van der Waals surface area contributed by atoms with Crippen LogP contribution < -0.4 is 5.32 Å². The molecular weight excluding hydrogens is 324 g/mol. The molecule has 4 aromatic rings. The Kier molecular flexibility index (Phi) is 4.11. The van der Waals surface area contributed by atoms with Crippen LogP contribution in [0.25, 0.3) is 22.3 Å². The summed E-state index contributed by atoms with van der Waals surface area (Å²) in [6.07, 6.45) is 4.85. The number of benzene rings is 2. The van der Waals surface area contributed by atoms with Crippen LogP contribution in [0, 0.1) is 6.92 Å². The van der Waals surface area contributed by atoms with Crippen molar-refractivity contribution in [2.45, 2.75) is 6.92 Å². The zero-order chi connectivity index (χ0) is 17.9. The van der Waals surface area contributed by atoms with Gasteiger partial charge in [-0.05, 0) is 31.2 Å². The second-order valence-electron chi connectivity index (χ2n) is 5.98. The van der Waals surface area contributed by atoms with Crippen LogP contribution in [-0.2, 0) is 0 Å². The molecule has 5 nitrogen and oxygen atoms in total. The normalized spacial score (nSPS) is 10.7. The first-order chi connectivity index (χ1) is 12.7. The number of para-hydroxylation sites is 1. The highest BCUT2D eigenvalue weighted by Crippen LogP contribution is 2.24. The third-order valence-corrected chi connectivity index (χ3v) is 4.10. The SMILES string of the molecule is Cc1ccc(NC(=O)c2cc(-c3cnccn3)nc3ccccc23)cc1. The minimum atomic E-state index is -0.183. The topological polar surface area (TPSA) is 67.8 Å². The monoisotopic (exact) mass is 340 g/mol. The van der Waals surface area contributed by atoms with Crippen molar-refractivity contribution in [1.82, 2.24) is 15.0 Å². The van der Waals surface area contributed by atoms with Gasteiger partial charge in [-0.3, -0.25) is 14.8 Å². The van der Waals surface area contributed by atoms with Crippen LogP contribution in [0.5, 0.6) is 0 Å². The van der Waals surface area contributed by atoms with Crippen molar-refractivity contribution >= 4 is 22.5 Å². The molecule has 1 N–H and O–H groups in total. The fraction of sp³-hybridized carbons (Fsp3) is 0.0476. The highest BCUT2D eigenvalue weighted by Gasteiger charge is 2.14. The van der Waals surface area contributed by atoms with Gasteiger partial charge in [0.05, 0.1) is 23.0 Å². The predicted molar refractivity (Wildman–Crippen MR) is 102 cm³/mol. The number of hydrogen-bond donors (Lipinski definition) is 1. The molecule has 4 rings (SSSR count). The van der Waals surface area contributed by atoms with E-state index in [1.807, 2.05) is 55.5 Å². The fourth-order valence-electron chi connectivity index (χ4n) is 2.76. The highest BCUT2D eigenvalue weighted by atomic mass is 16.1. The van der Waals surface area contributed by atoms with Crippen LogP contribution in [-0.4, -0.2) is 20.9 Å². The summed E-state index contributed by atoms with van der Waals surface area (Å²) in [4.78, 5) is 25.9. The molecule has 0 aliphatic heterocycles. The van der Waals surface area contributed by atoms with E-state index in [1.165, 1.54) is 0 Å². The third kappa shape index (κ3) is 3.15. The zero-order valence-electron chi connectivity index (χ0n) is 14.2. The second-order valence-corrected chi connectivity index (χ2v) is 5.98. The molecular formula is C21H16N4O. The summed E-state index contributed by atoms with van der Waals surface area (Å²) in [5.41, 5.74) is 4.43. The summed E-state index contributed by atoms with van der Waals surface area (Å²) in [6, 6.07) is 17.0. The molecule has 0 fully saturated rings. The minimum absolute atomic E-state index is 0.183. The second kappa shape index (κ2) is 6.72. The molecule has 0 unspecified atom stereocenters. The molecule has 1 amide bonds. The number of hydrogen-bond acceptors (Lipinski definition) is 4. The molecule has 2 aromatic heterocycles. The van der Waals surface area contributed by atoms with Gasteiger partial charge in [-0.25, -0.2) is 4.98 Å². The summed E-state index contributed by atoms with van der Waals surface area (Å²) in [5, 5.41) is 3.75. The lowest BCUT2D eigenvalue weighted by atomic mass is 10.1. The van der Waals surface area contributed by atoms with E-state index in [-0.39, 0.29) is 5.91 Å². The van der Waals surface area contributed by atoms with Crippen LogP contribution in [0.15, 0.2) is 73.2 Å². The third-order valence-electron chi connectivity index (χ3n) is 4.10. The Morgan fingerprint density at radius 2 is 1.77 bits per heavy atom. The maximum absolute atomic E-state index is 12.9. The molecule has 126 valence electrons. The maximum Gasteiger partial charge on any atom is 0.256 e. The summed E-state index contributed by atoms with van der Waals surface area (Å²) in [5.74, 6) is -0.183. The van der Waals surface area contributed by atoms with Crippen molar-refractivity contribution in [2.24, 2.45) is 0 Å². The Morgan fingerprint density at radius 1 is 0.962 bits per heavy atom. The molecule has 0 saturated carbocycles. The molecule has 2 heterocycles. The fourth-order valence-corrected chi connectivity index (χ4v) is 2.76. The van der Waals surface area contributed by atoms with Crippen molar-refractivity contribution in [3.05, 3.63) is 84.3 Å². The lowest BCUT2D eigenvalue weighted by Crippen LogP contribution is -2.13. The number of pyridine rings is 1. The first-order valence-corrected chi connectivity index (χ1v) is 8.25. The Morgan fingerprint density at radius 3 is 2.54 bits per heavy atom. The number of anilines is 1. The van der Waals surface area contributed by atoms with Crippen molar-refractivity contribution in [3.63, 3.8) is 0 Å². The molecule has 0 aliphatic carbocycles. The van der Waals surface area contributed by atoms with Gasteiger partial charge in [0.2, 0.25) is 0 Å². The highest BCUT2D eigenvalue weighted by molar-refractivity contribution is 6.13. The molecule has 2 aromatic carbocycles. The number of nitrogens with one attached hydrogen (secondary N) is 1. The van der Waals surface area contributed by atoms with Gasteiger partial charge in [-0.2, -0.15) is 0 Å². The number of carbonyl (C=O) groups is 1. The number of rotatable bonds is 3. The minimum Gasteiger partial charge on any atom is -0.322 e. The maximum atomic E-state index is 12.9. The van der Waals surface area contributed by atoms with Crippen molar-refractivity contribution in [1.29, 1.82) is 0 Å². The van der Waals surface area contributed by atoms with Gasteiger partial charge in [0.25, 0.3) is 5.91 Å². The van der Waals surface area contributed by atoms with E-state index in [0.717, 1.165) is 22.2 Å². The molecule has 0 spiro atoms. The Bertz CT molecular complexity index is 1080. The van der Waals surface area contributed by atoms with E-state index in [4.69, 9.17) is 0 Å². The van der Waals surface area contributed by atoms with Crippen LogP contribution in [0.1, 0.15) is 15.9 Å². The van der Waals surface area contributed by atoms with Gasteiger partial charge < -0.3 is 5.32 Å². The lowest BCUT2D eigenvalue weighted by Gasteiger charge is -2.10. The average Bonchev–Trinajstić information content (AvgIpc) is 2.69. The van der Waals surface area contributed by atoms with E-state index in [1.54, 1.807) is 24.7 Å². The Balaban J connectivity index is 1.79. The van der Waals surface area contributed by atoms with E-state index in [0.29, 0.717) is 17.0 Å². The van der Waals surface area contributed by atoms with Gasteiger partial charge in [0.15, 0.2) is 0 Å². The predicted octanol–water partition coefficient (Wildman–Crippen LogP) is 4.25.